The molecule has 0 aliphatic carbocycles. The number of nitrogens with zero attached hydrogens (tertiary/aromatic N) is 4. The van der Waals surface area contributed by atoms with E-state index in [1.807, 2.05) is 0 Å². The summed E-state index contributed by atoms with van der Waals surface area (Å²) < 4.78 is 29.2. The van der Waals surface area contributed by atoms with Gasteiger partial charge in [0.25, 0.3) is 0 Å². The van der Waals surface area contributed by atoms with E-state index in [0.717, 1.165) is 62.3 Å². The molecule has 1 aromatic heterocycles. The lowest BCUT2D eigenvalue weighted by molar-refractivity contribution is -0.131. The molecule has 0 radical (unpaired) electrons. The Balaban J connectivity index is 1.38. The van der Waals surface area contributed by atoms with E-state index >= 15 is 0 Å². The number of hydrogen-bond donors (Lipinski definition) is 1. The molecule has 0 bridgehead atoms. The predicted molar refractivity (Wildman–Crippen MR) is 90.3 cm³/mol. The topological polar surface area (TPSA) is 63.1 Å². The van der Waals surface area contributed by atoms with Gasteiger partial charge in [-0.3, -0.25) is 4.79 Å². The van der Waals surface area contributed by atoms with Crippen LogP contribution in [0.15, 0.2) is 18.2 Å². The van der Waals surface area contributed by atoms with Crippen LogP contribution in [0.5, 0.6) is 0 Å². The van der Waals surface area contributed by atoms with Crippen LogP contribution in [0.4, 0.5) is 8.78 Å². The first-order valence-electron chi connectivity index (χ1n) is 8.96. The summed E-state index contributed by atoms with van der Waals surface area (Å²) in [5.74, 6) is 1.01. The SMILES string of the molecule is O=C(Cc1cc(F)ccc1F)N1CCC(c2nnc3n2CCNC3)CC1. The van der Waals surface area contributed by atoms with Crippen LogP contribution in [-0.4, -0.2) is 45.2 Å². The van der Waals surface area contributed by atoms with Crippen molar-refractivity contribution in [3.8, 4) is 0 Å². The molecule has 0 spiro atoms. The van der Waals surface area contributed by atoms with Crippen molar-refractivity contribution in [2.45, 2.75) is 38.3 Å². The van der Waals surface area contributed by atoms with Crippen molar-refractivity contribution in [3.63, 3.8) is 0 Å². The summed E-state index contributed by atoms with van der Waals surface area (Å²) in [5.41, 5.74) is 0.108. The molecule has 0 atom stereocenters. The summed E-state index contributed by atoms with van der Waals surface area (Å²) in [6.45, 7) is 3.72. The lowest BCUT2D eigenvalue weighted by Gasteiger charge is -2.32. The second-order valence-corrected chi connectivity index (χ2v) is 6.87. The number of carbonyl (C=O) groups is 1. The molecule has 1 fully saturated rings. The molecule has 1 aromatic carbocycles. The average molecular weight is 361 g/mol. The summed E-state index contributed by atoms with van der Waals surface area (Å²) >= 11 is 0. The van der Waals surface area contributed by atoms with Gasteiger partial charge in [0.1, 0.15) is 23.3 Å². The molecule has 1 saturated heterocycles. The maximum Gasteiger partial charge on any atom is 0.227 e. The summed E-state index contributed by atoms with van der Waals surface area (Å²) in [4.78, 5) is 14.2. The number of rotatable bonds is 3. The van der Waals surface area contributed by atoms with Crippen LogP contribution in [0, 0.1) is 11.6 Å². The van der Waals surface area contributed by atoms with E-state index in [4.69, 9.17) is 0 Å². The van der Waals surface area contributed by atoms with Crippen LogP contribution in [0.3, 0.4) is 0 Å². The van der Waals surface area contributed by atoms with E-state index < -0.39 is 11.6 Å². The third-order valence-electron chi connectivity index (χ3n) is 5.21. The molecular formula is C18H21F2N5O. The van der Waals surface area contributed by atoms with Gasteiger partial charge in [0.2, 0.25) is 5.91 Å². The maximum absolute atomic E-state index is 13.7. The van der Waals surface area contributed by atoms with Crippen LogP contribution in [0.25, 0.3) is 0 Å². The second kappa shape index (κ2) is 7.11. The molecule has 26 heavy (non-hydrogen) atoms. The monoisotopic (exact) mass is 361 g/mol. The fourth-order valence-corrected chi connectivity index (χ4v) is 3.76. The highest BCUT2D eigenvalue weighted by Gasteiger charge is 2.29. The highest BCUT2D eigenvalue weighted by atomic mass is 19.1. The van der Waals surface area contributed by atoms with Crippen molar-refractivity contribution in [3.05, 3.63) is 47.0 Å². The standard InChI is InChI=1S/C18H21F2N5O/c19-14-1-2-15(20)13(9-14)10-17(26)24-6-3-12(4-7-24)18-23-22-16-11-21-5-8-25(16)18/h1-2,9,12,21H,3-8,10-11H2. The van der Waals surface area contributed by atoms with Crippen molar-refractivity contribution in [1.82, 2.24) is 25.0 Å². The number of likely N-dealkylation sites (tertiary alicyclic amines) is 1. The van der Waals surface area contributed by atoms with Crippen LogP contribution in [-0.2, 0) is 24.3 Å². The van der Waals surface area contributed by atoms with Crippen molar-refractivity contribution in [2.24, 2.45) is 0 Å². The minimum absolute atomic E-state index is 0.108. The van der Waals surface area contributed by atoms with Gasteiger partial charge in [-0.2, -0.15) is 0 Å². The zero-order valence-corrected chi connectivity index (χ0v) is 14.4. The quantitative estimate of drug-likeness (QED) is 0.902. The van der Waals surface area contributed by atoms with Gasteiger partial charge >= 0.3 is 0 Å². The normalized spacial score (nSPS) is 18.0. The average Bonchev–Trinajstić information content (AvgIpc) is 3.09. The van der Waals surface area contributed by atoms with Gasteiger partial charge in [-0.05, 0) is 31.0 Å². The Morgan fingerprint density at radius 3 is 2.81 bits per heavy atom. The number of aromatic nitrogens is 3. The summed E-state index contributed by atoms with van der Waals surface area (Å²) in [5, 5.41) is 11.9. The molecule has 2 aromatic rings. The van der Waals surface area contributed by atoms with E-state index in [9.17, 15) is 13.6 Å². The molecule has 0 saturated carbocycles. The molecule has 2 aliphatic heterocycles. The number of fused-ring (bicyclic) bond motifs is 1. The van der Waals surface area contributed by atoms with Crippen molar-refractivity contribution in [1.29, 1.82) is 0 Å². The number of carbonyl (C=O) groups excluding carboxylic acids is 1. The molecule has 2 aliphatic rings. The Kier molecular flexibility index (Phi) is 4.67. The van der Waals surface area contributed by atoms with Crippen LogP contribution in [0.2, 0.25) is 0 Å². The lowest BCUT2D eigenvalue weighted by atomic mass is 9.95. The Labute approximate surface area is 150 Å². The minimum Gasteiger partial charge on any atom is -0.342 e. The van der Waals surface area contributed by atoms with Crippen molar-refractivity contribution in [2.75, 3.05) is 19.6 Å². The van der Waals surface area contributed by atoms with E-state index in [-0.39, 0.29) is 23.8 Å². The predicted octanol–water partition coefficient (Wildman–Crippen LogP) is 1.61. The zero-order valence-electron chi connectivity index (χ0n) is 14.4. The Morgan fingerprint density at radius 1 is 1.19 bits per heavy atom. The molecule has 0 unspecified atom stereocenters. The van der Waals surface area contributed by atoms with Crippen LogP contribution in [0.1, 0.15) is 36.0 Å². The molecule has 1 amide bonds. The highest BCUT2D eigenvalue weighted by Crippen LogP contribution is 2.28. The molecule has 8 heteroatoms. The molecular weight excluding hydrogens is 340 g/mol. The van der Waals surface area contributed by atoms with Gasteiger partial charge in [-0.25, -0.2) is 8.78 Å². The first-order chi connectivity index (χ1) is 12.6. The van der Waals surface area contributed by atoms with E-state index in [1.54, 1.807) is 4.90 Å². The largest absolute Gasteiger partial charge is 0.342 e. The van der Waals surface area contributed by atoms with Gasteiger partial charge in [0.15, 0.2) is 0 Å². The van der Waals surface area contributed by atoms with E-state index in [1.165, 1.54) is 0 Å². The number of nitrogens with one attached hydrogen (secondary N) is 1. The molecule has 4 rings (SSSR count). The number of hydrogen-bond acceptors (Lipinski definition) is 4. The first kappa shape index (κ1) is 17.1. The Hall–Kier alpha value is -2.35. The number of amides is 1. The first-order valence-corrected chi connectivity index (χ1v) is 8.96. The Morgan fingerprint density at radius 2 is 2.00 bits per heavy atom. The second-order valence-electron chi connectivity index (χ2n) is 6.87. The molecule has 6 nitrogen and oxygen atoms in total. The zero-order chi connectivity index (χ0) is 18.1. The van der Waals surface area contributed by atoms with Crippen LogP contribution >= 0.6 is 0 Å². The van der Waals surface area contributed by atoms with Crippen LogP contribution < -0.4 is 5.32 Å². The molecule has 3 heterocycles. The third kappa shape index (κ3) is 3.33. The maximum atomic E-state index is 13.7. The van der Waals surface area contributed by atoms with Crippen molar-refractivity contribution >= 4 is 5.91 Å². The third-order valence-corrected chi connectivity index (χ3v) is 5.21. The fraction of sp³-hybridized carbons (Fsp3) is 0.500. The van der Waals surface area contributed by atoms with Crippen molar-refractivity contribution < 1.29 is 13.6 Å². The number of halogens is 2. The molecule has 138 valence electrons. The summed E-state index contributed by atoms with van der Waals surface area (Å²) in [7, 11) is 0. The van der Waals surface area contributed by atoms with Gasteiger partial charge in [0, 0.05) is 37.7 Å². The minimum atomic E-state index is -0.543. The van der Waals surface area contributed by atoms with E-state index in [0.29, 0.717) is 13.1 Å². The van der Waals surface area contributed by atoms with E-state index in [2.05, 4.69) is 20.1 Å². The number of benzene rings is 1. The number of piperidine rings is 1. The fourth-order valence-electron chi connectivity index (χ4n) is 3.76. The highest BCUT2D eigenvalue weighted by molar-refractivity contribution is 5.79. The molecule has 1 N–H and O–H groups in total. The van der Waals surface area contributed by atoms with Gasteiger partial charge < -0.3 is 14.8 Å². The Bertz CT molecular complexity index is 814. The van der Waals surface area contributed by atoms with Gasteiger partial charge in [-0.15, -0.1) is 10.2 Å². The van der Waals surface area contributed by atoms with Gasteiger partial charge in [0.05, 0.1) is 13.0 Å². The summed E-state index contributed by atoms with van der Waals surface area (Å²) in [6, 6.07) is 3.22. The van der Waals surface area contributed by atoms with Gasteiger partial charge in [-0.1, -0.05) is 0 Å². The smallest absolute Gasteiger partial charge is 0.227 e. The lowest BCUT2D eigenvalue weighted by Crippen LogP contribution is -2.39. The summed E-state index contributed by atoms with van der Waals surface area (Å²) in [6.07, 6.45) is 1.51.